The average molecular weight is 255 g/mol. The lowest BCUT2D eigenvalue weighted by molar-refractivity contribution is 0.164. The van der Waals surface area contributed by atoms with Gasteiger partial charge in [0.15, 0.2) is 11.6 Å². The highest BCUT2D eigenvalue weighted by atomic mass is 19.2. The van der Waals surface area contributed by atoms with Crippen LogP contribution in [-0.2, 0) is 0 Å². The second-order valence-corrected chi connectivity index (χ2v) is 4.35. The fourth-order valence-corrected chi connectivity index (χ4v) is 1.79. The molecular formula is C12H15F2N3O. The van der Waals surface area contributed by atoms with Crippen molar-refractivity contribution in [2.45, 2.75) is 0 Å². The predicted octanol–water partition coefficient (Wildman–Crippen LogP) is 1.74. The number of hydrogen-bond donors (Lipinski definition) is 1. The quantitative estimate of drug-likeness (QED) is 0.829. The molecule has 2 rings (SSSR count). The molecule has 1 heterocycles. The van der Waals surface area contributed by atoms with Crippen molar-refractivity contribution in [2.24, 2.45) is 0 Å². The zero-order valence-corrected chi connectivity index (χ0v) is 10.1. The zero-order valence-electron chi connectivity index (χ0n) is 10.1. The van der Waals surface area contributed by atoms with Crippen LogP contribution in [0, 0.1) is 11.6 Å². The molecule has 1 aliphatic rings. The van der Waals surface area contributed by atoms with E-state index in [9.17, 15) is 13.6 Å². The highest BCUT2D eigenvalue weighted by Gasteiger charge is 2.19. The molecule has 4 nitrogen and oxygen atoms in total. The highest BCUT2D eigenvalue weighted by Crippen LogP contribution is 2.14. The summed E-state index contributed by atoms with van der Waals surface area (Å²) in [6, 6.07) is 3.03. The molecule has 1 aromatic carbocycles. The summed E-state index contributed by atoms with van der Waals surface area (Å²) < 4.78 is 25.7. The molecule has 0 bridgehead atoms. The first-order valence-corrected chi connectivity index (χ1v) is 5.76. The molecule has 0 unspecified atom stereocenters. The minimum absolute atomic E-state index is 0.262. The van der Waals surface area contributed by atoms with Gasteiger partial charge >= 0.3 is 6.03 Å². The number of likely N-dealkylation sites (N-methyl/N-ethyl adjacent to an activating group) is 1. The first-order valence-electron chi connectivity index (χ1n) is 5.76. The van der Waals surface area contributed by atoms with E-state index in [4.69, 9.17) is 0 Å². The molecule has 6 heteroatoms. The topological polar surface area (TPSA) is 35.6 Å². The minimum Gasteiger partial charge on any atom is -0.322 e. The Morgan fingerprint density at radius 2 is 1.83 bits per heavy atom. The van der Waals surface area contributed by atoms with Gasteiger partial charge in [-0.15, -0.1) is 0 Å². The number of carbonyl (C=O) groups is 1. The van der Waals surface area contributed by atoms with Crippen LogP contribution >= 0.6 is 0 Å². The van der Waals surface area contributed by atoms with Crippen LogP contribution in [0.1, 0.15) is 0 Å². The third-order valence-corrected chi connectivity index (χ3v) is 2.96. The van der Waals surface area contributed by atoms with Crippen molar-refractivity contribution in [3.05, 3.63) is 29.8 Å². The number of rotatable bonds is 1. The van der Waals surface area contributed by atoms with Crippen molar-refractivity contribution in [1.82, 2.24) is 9.80 Å². The summed E-state index contributed by atoms with van der Waals surface area (Å²) in [5.74, 6) is -1.89. The van der Waals surface area contributed by atoms with Gasteiger partial charge in [0.2, 0.25) is 0 Å². The summed E-state index contributed by atoms with van der Waals surface area (Å²) in [4.78, 5) is 15.6. The number of nitrogens with one attached hydrogen (secondary N) is 1. The molecule has 0 aromatic heterocycles. The van der Waals surface area contributed by atoms with Gasteiger partial charge in [-0.3, -0.25) is 0 Å². The molecule has 0 radical (unpaired) electrons. The Morgan fingerprint density at radius 1 is 1.17 bits per heavy atom. The van der Waals surface area contributed by atoms with Gasteiger partial charge in [-0.05, 0) is 19.2 Å². The number of nitrogens with zero attached hydrogens (tertiary/aromatic N) is 2. The molecule has 1 fully saturated rings. The Balaban J connectivity index is 1.96. The summed E-state index contributed by atoms with van der Waals surface area (Å²) in [7, 11) is 1.99. The van der Waals surface area contributed by atoms with Crippen molar-refractivity contribution in [3.8, 4) is 0 Å². The Hall–Kier alpha value is -1.69. The third kappa shape index (κ3) is 2.95. The third-order valence-electron chi connectivity index (χ3n) is 2.96. The van der Waals surface area contributed by atoms with E-state index in [0.717, 1.165) is 25.2 Å². The molecule has 1 aliphatic heterocycles. The lowest BCUT2D eigenvalue weighted by Crippen LogP contribution is -2.48. The number of benzene rings is 1. The number of amides is 2. The summed E-state index contributed by atoms with van der Waals surface area (Å²) in [6.07, 6.45) is 0. The molecule has 1 N–H and O–H groups in total. The van der Waals surface area contributed by atoms with Crippen LogP contribution in [0.4, 0.5) is 19.3 Å². The fraction of sp³-hybridized carbons (Fsp3) is 0.417. The van der Waals surface area contributed by atoms with Crippen LogP contribution in [0.15, 0.2) is 18.2 Å². The van der Waals surface area contributed by atoms with Crippen LogP contribution in [0.3, 0.4) is 0 Å². The maximum absolute atomic E-state index is 13.0. The lowest BCUT2D eigenvalue weighted by atomic mass is 10.3. The van der Waals surface area contributed by atoms with Gasteiger partial charge in [0.25, 0.3) is 0 Å². The van der Waals surface area contributed by atoms with Gasteiger partial charge in [-0.25, -0.2) is 13.6 Å². The first-order chi connectivity index (χ1) is 8.56. The van der Waals surface area contributed by atoms with E-state index in [2.05, 4.69) is 10.2 Å². The van der Waals surface area contributed by atoms with E-state index in [1.807, 2.05) is 7.05 Å². The monoisotopic (exact) mass is 255 g/mol. The van der Waals surface area contributed by atoms with E-state index in [0.29, 0.717) is 13.1 Å². The summed E-state index contributed by atoms with van der Waals surface area (Å²) >= 11 is 0. The van der Waals surface area contributed by atoms with Crippen LogP contribution in [-0.4, -0.2) is 49.1 Å². The molecule has 0 aliphatic carbocycles. The number of hydrogen-bond acceptors (Lipinski definition) is 2. The zero-order chi connectivity index (χ0) is 13.1. The van der Waals surface area contributed by atoms with E-state index in [-0.39, 0.29) is 11.7 Å². The molecule has 98 valence electrons. The molecule has 0 saturated carbocycles. The molecule has 2 amide bonds. The van der Waals surface area contributed by atoms with Crippen LogP contribution in [0.25, 0.3) is 0 Å². The number of halogens is 2. The smallest absolute Gasteiger partial charge is 0.321 e. The Morgan fingerprint density at radius 3 is 2.44 bits per heavy atom. The summed E-state index contributed by atoms with van der Waals surface area (Å²) in [5, 5.41) is 2.56. The van der Waals surface area contributed by atoms with Gasteiger partial charge in [-0.2, -0.15) is 0 Å². The minimum atomic E-state index is -0.967. The van der Waals surface area contributed by atoms with Crippen LogP contribution in [0.2, 0.25) is 0 Å². The number of anilines is 1. The van der Waals surface area contributed by atoms with Crippen LogP contribution < -0.4 is 5.32 Å². The highest BCUT2D eigenvalue weighted by molar-refractivity contribution is 5.89. The average Bonchev–Trinajstić information content (AvgIpc) is 2.34. The Kier molecular flexibility index (Phi) is 3.76. The molecule has 0 atom stereocenters. The normalized spacial score (nSPS) is 16.7. The maximum Gasteiger partial charge on any atom is 0.321 e. The van der Waals surface area contributed by atoms with Crippen molar-refractivity contribution < 1.29 is 13.6 Å². The van der Waals surface area contributed by atoms with E-state index in [1.165, 1.54) is 6.07 Å². The predicted molar refractivity (Wildman–Crippen MR) is 64.4 cm³/mol. The molecule has 1 aromatic rings. The van der Waals surface area contributed by atoms with Gasteiger partial charge in [-0.1, -0.05) is 0 Å². The van der Waals surface area contributed by atoms with Gasteiger partial charge in [0.1, 0.15) is 0 Å². The Bertz CT molecular complexity index is 445. The number of carbonyl (C=O) groups excluding carboxylic acids is 1. The second-order valence-electron chi connectivity index (χ2n) is 4.35. The summed E-state index contributed by atoms with van der Waals surface area (Å²) in [6.45, 7) is 2.88. The maximum atomic E-state index is 13.0. The van der Waals surface area contributed by atoms with Gasteiger partial charge in [0, 0.05) is 37.9 Å². The van der Waals surface area contributed by atoms with Gasteiger partial charge in [0.05, 0.1) is 0 Å². The number of piperazine rings is 1. The van der Waals surface area contributed by atoms with Crippen molar-refractivity contribution in [1.29, 1.82) is 0 Å². The van der Waals surface area contributed by atoms with Crippen molar-refractivity contribution in [3.63, 3.8) is 0 Å². The molecule has 0 spiro atoms. The molecular weight excluding hydrogens is 240 g/mol. The van der Waals surface area contributed by atoms with Crippen molar-refractivity contribution in [2.75, 3.05) is 38.5 Å². The standard InChI is InChI=1S/C12H15F2N3O/c1-16-4-6-17(7-5-16)12(18)15-9-2-3-10(13)11(14)8-9/h2-3,8H,4-7H2,1H3,(H,15,18). The van der Waals surface area contributed by atoms with E-state index in [1.54, 1.807) is 4.90 Å². The number of urea groups is 1. The van der Waals surface area contributed by atoms with Crippen LogP contribution in [0.5, 0.6) is 0 Å². The summed E-state index contributed by atoms with van der Waals surface area (Å²) in [5.41, 5.74) is 0.262. The van der Waals surface area contributed by atoms with Crippen molar-refractivity contribution >= 4 is 11.7 Å². The Labute approximate surface area is 104 Å². The van der Waals surface area contributed by atoms with E-state index >= 15 is 0 Å². The molecule has 18 heavy (non-hydrogen) atoms. The van der Waals surface area contributed by atoms with E-state index < -0.39 is 11.6 Å². The first kappa shape index (κ1) is 12.8. The SMILES string of the molecule is CN1CCN(C(=O)Nc2ccc(F)c(F)c2)CC1. The van der Waals surface area contributed by atoms with Gasteiger partial charge < -0.3 is 15.1 Å². The second kappa shape index (κ2) is 5.30. The fourth-order valence-electron chi connectivity index (χ4n) is 1.79. The lowest BCUT2D eigenvalue weighted by Gasteiger charge is -2.32. The largest absolute Gasteiger partial charge is 0.322 e. The molecule has 1 saturated heterocycles.